The van der Waals surface area contributed by atoms with E-state index in [9.17, 15) is 9.59 Å². The van der Waals surface area contributed by atoms with Gasteiger partial charge in [-0.05, 0) is 80.0 Å². The Kier molecular flexibility index (Phi) is 10.5. The highest BCUT2D eigenvalue weighted by Gasteiger charge is 2.25. The van der Waals surface area contributed by atoms with Gasteiger partial charge in [0.25, 0.3) is 5.91 Å². The summed E-state index contributed by atoms with van der Waals surface area (Å²) in [6.07, 6.45) is 4.92. The summed E-state index contributed by atoms with van der Waals surface area (Å²) in [7, 11) is 0. The molecular formula is C37H48N4O2. The third-order valence-electron chi connectivity index (χ3n) is 8.75. The highest BCUT2D eigenvalue weighted by Crippen LogP contribution is 2.28. The van der Waals surface area contributed by atoms with E-state index in [-0.39, 0.29) is 11.8 Å². The number of carbonyl (C=O) groups is 2. The van der Waals surface area contributed by atoms with Crippen LogP contribution in [-0.4, -0.2) is 67.4 Å². The Morgan fingerprint density at radius 3 is 2.26 bits per heavy atom. The number of rotatable bonds is 6. The standard InChI is InChI=1S/C37H48N4O2/c1-29(2)27-38-19-12-22-41(36(42)25-31-13-6-4-7-14-31)34-16-9-8-15-33(34)28-40(24-23-38)37(43)32-18-17-30(3)35(26-32)39-20-10-5-11-21-39/h4,6-9,13-18,26,29H,5,10-12,19-25,27-28H2,1-3H3. The number of fused-ring (bicyclic) bond motifs is 1. The van der Waals surface area contributed by atoms with Gasteiger partial charge in [0.2, 0.25) is 5.91 Å². The number of nitrogens with zero attached hydrogens (tertiary/aromatic N) is 4. The predicted octanol–water partition coefficient (Wildman–Crippen LogP) is 6.57. The maximum atomic E-state index is 14.3. The number of piperidine rings is 1. The zero-order valence-electron chi connectivity index (χ0n) is 26.3. The second kappa shape index (κ2) is 14.7. The summed E-state index contributed by atoms with van der Waals surface area (Å²) in [4.78, 5) is 37.0. The lowest BCUT2D eigenvalue weighted by atomic mass is 10.0. The molecule has 0 aliphatic carbocycles. The lowest BCUT2D eigenvalue weighted by Gasteiger charge is -2.31. The molecule has 3 aromatic carbocycles. The molecule has 1 saturated heterocycles. The molecule has 5 rings (SSSR count). The van der Waals surface area contributed by atoms with Crippen LogP contribution in [0.25, 0.3) is 0 Å². The van der Waals surface area contributed by atoms with Crippen LogP contribution in [0.15, 0.2) is 72.8 Å². The van der Waals surface area contributed by atoms with Gasteiger partial charge in [-0.15, -0.1) is 0 Å². The molecule has 2 amide bonds. The van der Waals surface area contributed by atoms with Crippen molar-refractivity contribution in [3.63, 3.8) is 0 Å². The minimum atomic E-state index is 0.0546. The van der Waals surface area contributed by atoms with Crippen LogP contribution in [0.4, 0.5) is 11.4 Å². The second-order valence-corrected chi connectivity index (χ2v) is 12.7. The molecule has 0 unspecified atom stereocenters. The Bertz CT molecular complexity index is 1370. The van der Waals surface area contributed by atoms with Crippen molar-refractivity contribution in [2.24, 2.45) is 5.92 Å². The molecule has 228 valence electrons. The number of hydrogen-bond donors (Lipinski definition) is 0. The molecule has 0 bridgehead atoms. The molecule has 2 heterocycles. The molecule has 0 saturated carbocycles. The number of amides is 2. The molecule has 0 atom stereocenters. The van der Waals surface area contributed by atoms with Crippen LogP contribution in [0, 0.1) is 12.8 Å². The fourth-order valence-corrected chi connectivity index (χ4v) is 6.54. The molecule has 6 nitrogen and oxygen atoms in total. The van der Waals surface area contributed by atoms with Crippen molar-refractivity contribution < 1.29 is 9.59 Å². The Labute approximate surface area is 258 Å². The third kappa shape index (κ3) is 8.05. The zero-order valence-corrected chi connectivity index (χ0v) is 26.3. The van der Waals surface area contributed by atoms with E-state index >= 15 is 0 Å². The number of anilines is 2. The van der Waals surface area contributed by atoms with Gasteiger partial charge in [0.05, 0.1) is 6.42 Å². The smallest absolute Gasteiger partial charge is 0.254 e. The molecule has 0 aromatic heterocycles. The summed E-state index contributed by atoms with van der Waals surface area (Å²) in [5, 5.41) is 0. The normalized spacial score (nSPS) is 17.0. The lowest BCUT2D eigenvalue weighted by molar-refractivity contribution is -0.118. The minimum absolute atomic E-state index is 0.0546. The third-order valence-corrected chi connectivity index (χ3v) is 8.75. The first-order chi connectivity index (χ1) is 20.9. The summed E-state index contributed by atoms with van der Waals surface area (Å²) in [5.74, 6) is 0.668. The zero-order chi connectivity index (χ0) is 30.2. The fourth-order valence-electron chi connectivity index (χ4n) is 6.54. The average Bonchev–Trinajstić information content (AvgIpc) is 3.05. The summed E-state index contributed by atoms with van der Waals surface area (Å²) < 4.78 is 0. The van der Waals surface area contributed by atoms with E-state index in [1.54, 1.807) is 0 Å². The summed E-state index contributed by atoms with van der Waals surface area (Å²) >= 11 is 0. The van der Waals surface area contributed by atoms with E-state index in [1.165, 1.54) is 30.5 Å². The van der Waals surface area contributed by atoms with Crippen molar-refractivity contribution in [3.8, 4) is 0 Å². The molecule has 0 spiro atoms. The van der Waals surface area contributed by atoms with Crippen LogP contribution in [0.5, 0.6) is 0 Å². The average molecular weight is 581 g/mol. The van der Waals surface area contributed by atoms with Crippen molar-refractivity contribution in [2.75, 3.05) is 55.6 Å². The van der Waals surface area contributed by atoms with Crippen molar-refractivity contribution in [1.82, 2.24) is 9.80 Å². The number of carbonyl (C=O) groups excluding carboxylic acids is 2. The van der Waals surface area contributed by atoms with Crippen LogP contribution in [-0.2, 0) is 17.8 Å². The number of para-hydroxylation sites is 1. The van der Waals surface area contributed by atoms with E-state index in [1.807, 2.05) is 64.4 Å². The van der Waals surface area contributed by atoms with Crippen LogP contribution in [0.1, 0.15) is 66.6 Å². The predicted molar refractivity (Wildman–Crippen MR) is 177 cm³/mol. The number of benzene rings is 3. The molecule has 3 aromatic rings. The largest absolute Gasteiger partial charge is 0.371 e. The van der Waals surface area contributed by atoms with Gasteiger partial charge in [-0.3, -0.25) is 9.59 Å². The van der Waals surface area contributed by atoms with E-state index in [4.69, 9.17) is 0 Å². The minimum Gasteiger partial charge on any atom is -0.371 e. The monoisotopic (exact) mass is 580 g/mol. The summed E-state index contributed by atoms with van der Waals surface area (Å²) in [5.41, 5.74) is 6.08. The highest BCUT2D eigenvalue weighted by atomic mass is 16.2. The Morgan fingerprint density at radius 1 is 0.744 bits per heavy atom. The fraction of sp³-hybridized carbons (Fsp3) is 0.459. The number of hydrogen-bond acceptors (Lipinski definition) is 4. The van der Waals surface area contributed by atoms with Crippen molar-refractivity contribution >= 4 is 23.2 Å². The van der Waals surface area contributed by atoms with Gasteiger partial charge in [-0.1, -0.05) is 68.4 Å². The maximum absolute atomic E-state index is 14.3. The molecule has 1 fully saturated rings. The SMILES string of the molecule is Cc1ccc(C(=O)N2CCN(CC(C)C)CCCN(C(=O)Cc3ccccc3)c3ccccc3C2)cc1N1CCCCC1. The summed E-state index contributed by atoms with van der Waals surface area (Å²) in [6.45, 7) is 13.2. The first-order valence-corrected chi connectivity index (χ1v) is 16.2. The molecule has 43 heavy (non-hydrogen) atoms. The van der Waals surface area contributed by atoms with Gasteiger partial charge >= 0.3 is 0 Å². The van der Waals surface area contributed by atoms with Crippen molar-refractivity contribution in [3.05, 3.63) is 95.1 Å². The van der Waals surface area contributed by atoms with Gasteiger partial charge in [0, 0.05) is 62.8 Å². The molecule has 0 radical (unpaired) electrons. The Hall–Kier alpha value is -3.64. The Balaban J connectivity index is 1.47. The topological polar surface area (TPSA) is 47.1 Å². The maximum Gasteiger partial charge on any atom is 0.254 e. The van der Waals surface area contributed by atoms with Crippen molar-refractivity contribution in [1.29, 1.82) is 0 Å². The van der Waals surface area contributed by atoms with Gasteiger partial charge in [0.1, 0.15) is 0 Å². The highest BCUT2D eigenvalue weighted by molar-refractivity contribution is 5.97. The first-order valence-electron chi connectivity index (χ1n) is 16.2. The Morgan fingerprint density at radius 2 is 1.49 bits per heavy atom. The molecule has 2 aliphatic heterocycles. The first kappa shape index (κ1) is 30.8. The van der Waals surface area contributed by atoms with E-state index < -0.39 is 0 Å². The molecule has 6 heteroatoms. The van der Waals surface area contributed by atoms with E-state index in [2.05, 4.69) is 48.8 Å². The summed E-state index contributed by atoms with van der Waals surface area (Å²) in [6, 6.07) is 24.3. The molecule has 0 N–H and O–H groups in total. The second-order valence-electron chi connectivity index (χ2n) is 12.7. The van der Waals surface area contributed by atoms with Gasteiger partial charge < -0.3 is 19.6 Å². The molecule has 2 aliphatic rings. The quantitative estimate of drug-likeness (QED) is 0.331. The van der Waals surface area contributed by atoms with Crippen LogP contribution in [0.2, 0.25) is 0 Å². The van der Waals surface area contributed by atoms with Crippen LogP contribution >= 0.6 is 0 Å². The van der Waals surface area contributed by atoms with E-state index in [0.717, 1.165) is 61.5 Å². The van der Waals surface area contributed by atoms with Crippen LogP contribution in [0.3, 0.4) is 0 Å². The number of aryl methyl sites for hydroxylation is 1. The van der Waals surface area contributed by atoms with Crippen molar-refractivity contribution in [2.45, 2.75) is 59.4 Å². The van der Waals surface area contributed by atoms with Gasteiger partial charge in [0.15, 0.2) is 0 Å². The van der Waals surface area contributed by atoms with Gasteiger partial charge in [-0.25, -0.2) is 0 Å². The van der Waals surface area contributed by atoms with Gasteiger partial charge in [-0.2, -0.15) is 0 Å². The van der Waals surface area contributed by atoms with Crippen LogP contribution < -0.4 is 9.80 Å². The van der Waals surface area contributed by atoms with E-state index in [0.29, 0.717) is 32.0 Å². The molecular weight excluding hydrogens is 532 g/mol. The lowest BCUT2D eigenvalue weighted by Crippen LogP contribution is -2.40.